The van der Waals surface area contributed by atoms with Gasteiger partial charge in [-0.05, 0) is 55.9 Å². The number of amides is 1. The predicted octanol–water partition coefficient (Wildman–Crippen LogP) is 3.45. The molecule has 5 nitrogen and oxygen atoms in total. The minimum Gasteiger partial charge on any atom is -0.335 e. The Bertz CT molecular complexity index is 946. The Hall–Kier alpha value is -2.69. The van der Waals surface area contributed by atoms with Gasteiger partial charge in [0.25, 0.3) is 5.91 Å². The highest BCUT2D eigenvalue weighted by Crippen LogP contribution is 2.26. The van der Waals surface area contributed by atoms with Crippen molar-refractivity contribution in [1.82, 2.24) is 19.5 Å². The van der Waals surface area contributed by atoms with E-state index in [1.807, 2.05) is 29.7 Å². The number of aromatic nitrogens is 3. The van der Waals surface area contributed by atoms with Gasteiger partial charge in [-0.15, -0.1) is 10.2 Å². The summed E-state index contributed by atoms with van der Waals surface area (Å²) in [5.74, 6) is 0.898. The number of hydrogen-bond acceptors (Lipinski definition) is 3. The zero-order chi connectivity index (χ0) is 18.1. The molecule has 1 amide bonds. The van der Waals surface area contributed by atoms with Crippen LogP contribution >= 0.6 is 0 Å². The van der Waals surface area contributed by atoms with E-state index in [4.69, 9.17) is 0 Å². The molecule has 0 N–H and O–H groups in total. The molecule has 1 aliphatic rings. The maximum absolute atomic E-state index is 13.3. The molecule has 1 atom stereocenters. The summed E-state index contributed by atoms with van der Waals surface area (Å²) < 4.78 is 1.88. The Kier molecular flexibility index (Phi) is 4.45. The van der Waals surface area contributed by atoms with Crippen LogP contribution in [0.3, 0.4) is 0 Å². The van der Waals surface area contributed by atoms with Gasteiger partial charge in [-0.25, -0.2) is 0 Å². The van der Waals surface area contributed by atoms with E-state index in [2.05, 4.69) is 46.3 Å². The number of carbonyl (C=O) groups is 1. The van der Waals surface area contributed by atoms with Gasteiger partial charge in [-0.3, -0.25) is 9.20 Å². The molecule has 2 aromatic heterocycles. The molecular formula is C21H24N4O. The van der Waals surface area contributed by atoms with Crippen molar-refractivity contribution in [3.8, 4) is 0 Å². The fourth-order valence-electron chi connectivity index (χ4n) is 3.93. The van der Waals surface area contributed by atoms with Crippen LogP contribution in [0.1, 0.15) is 47.1 Å². The first-order valence-corrected chi connectivity index (χ1v) is 9.36. The Morgan fingerprint density at radius 1 is 1.19 bits per heavy atom. The molecule has 2 heterocycles. The molecule has 26 heavy (non-hydrogen) atoms. The molecule has 0 unspecified atom stereocenters. The summed E-state index contributed by atoms with van der Waals surface area (Å²) >= 11 is 0. The van der Waals surface area contributed by atoms with Crippen molar-refractivity contribution in [3.63, 3.8) is 0 Å². The van der Waals surface area contributed by atoms with Crippen molar-refractivity contribution < 1.29 is 4.79 Å². The molecular weight excluding hydrogens is 324 g/mol. The Morgan fingerprint density at radius 3 is 2.81 bits per heavy atom. The van der Waals surface area contributed by atoms with Crippen molar-refractivity contribution in [3.05, 3.63) is 65.1 Å². The highest BCUT2D eigenvalue weighted by atomic mass is 16.2. The van der Waals surface area contributed by atoms with Crippen LogP contribution in [-0.4, -0.2) is 38.0 Å². The molecule has 0 bridgehead atoms. The molecule has 3 aromatic rings. The molecule has 0 radical (unpaired) electrons. The zero-order valence-corrected chi connectivity index (χ0v) is 15.4. The standard InChI is InChI=1S/C21H24N4O/c1-3-12-24(19-10-8-16-6-4-5-7-17(16)13-19)21(26)18-9-11-20-23-22-15(2)25(20)14-18/h4-7,9,11,14,19H,3,8,10,12-13H2,1-2H3/t19-/m1/s1. The number of hydrogen-bond donors (Lipinski definition) is 0. The fourth-order valence-corrected chi connectivity index (χ4v) is 3.93. The van der Waals surface area contributed by atoms with Crippen LogP contribution in [0.2, 0.25) is 0 Å². The lowest BCUT2D eigenvalue weighted by Crippen LogP contribution is -2.44. The fraction of sp³-hybridized carbons (Fsp3) is 0.381. The molecule has 1 aromatic carbocycles. The lowest BCUT2D eigenvalue weighted by atomic mass is 9.87. The lowest BCUT2D eigenvalue weighted by molar-refractivity contribution is 0.0661. The molecule has 0 saturated carbocycles. The predicted molar refractivity (Wildman–Crippen MR) is 101 cm³/mol. The van der Waals surface area contributed by atoms with E-state index in [9.17, 15) is 4.79 Å². The summed E-state index contributed by atoms with van der Waals surface area (Å²) in [4.78, 5) is 15.4. The van der Waals surface area contributed by atoms with Crippen LogP contribution < -0.4 is 0 Å². The molecule has 4 rings (SSSR count). The van der Waals surface area contributed by atoms with Crippen molar-refractivity contribution in [2.45, 2.75) is 45.6 Å². The van der Waals surface area contributed by atoms with Crippen molar-refractivity contribution >= 4 is 11.6 Å². The molecule has 0 aliphatic heterocycles. The molecule has 5 heteroatoms. The van der Waals surface area contributed by atoms with Gasteiger partial charge in [0.2, 0.25) is 0 Å². The summed E-state index contributed by atoms with van der Waals surface area (Å²) in [6.45, 7) is 4.81. The van der Waals surface area contributed by atoms with E-state index in [0.29, 0.717) is 5.56 Å². The average Bonchev–Trinajstić information content (AvgIpc) is 3.05. The monoisotopic (exact) mass is 348 g/mol. The molecule has 1 aliphatic carbocycles. The number of pyridine rings is 1. The summed E-state index contributed by atoms with van der Waals surface area (Å²) in [6, 6.07) is 12.6. The number of aryl methyl sites for hydroxylation is 2. The van der Waals surface area contributed by atoms with Crippen molar-refractivity contribution in [2.24, 2.45) is 0 Å². The largest absolute Gasteiger partial charge is 0.335 e. The second-order valence-corrected chi connectivity index (χ2v) is 7.06. The highest BCUT2D eigenvalue weighted by molar-refractivity contribution is 5.94. The van der Waals surface area contributed by atoms with E-state index in [0.717, 1.165) is 43.7 Å². The van der Waals surface area contributed by atoms with Gasteiger partial charge < -0.3 is 4.90 Å². The summed E-state index contributed by atoms with van der Waals surface area (Å²) in [5.41, 5.74) is 4.28. The van der Waals surface area contributed by atoms with Crippen LogP contribution in [0.25, 0.3) is 5.65 Å². The number of nitrogens with zero attached hydrogens (tertiary/aromatic N) is 4. The van der Waals surface area contributed by atoms with Crippen molar-refractivity contribution in [1.29, 1.82) is 0 Å². The topological polar surface area (TPSA) is 50.5 Å². The minimum absolute atomic E-state index is 0.103. The van der Waals surface area contributed by atoms with Gasteiger partial charge in [0.05, 0.1) is 5.56 Å². The first-order chi connectivity index (χ1) is 12.7. The van der Waals surface area contributed by atoms with E-state index < -0.39 is 0 Å². The van der Waals surface area contributed by atoms with Crippen LogP contribution in [0.15, 0.2) is 42.6 Å². The Balaban J connectivity index is 1.63. The van der Waals surface area contributed by atoms with E-state index in [-0.39, 0.29) is 11.9 Å². The maximum Gasteiger partial charge on any atom is 0.255 e. The zero-order valence-electron chi connectivity index (χ0n) is 15.4. The minimum atomic E-state index is 0.103. The first kappa shape index (κ1) is 16.8. The van der Waals surface area contributed by atoms with E-state index >= 15 is 0 Å². The third-order valence-electron chi connectivity index (χ3n) is 5.31. The van der Waals surface area contributed by atoms with E-state index in [1.165, 1.54) is 11.1 Å². The Labute approximate surface area is 153 Å². The third kappa shape index (κ3) is 2.98. The number of carbonyl (C=O) groups excluding carboxylic acids is 1. The Morgan fingerprint density at radius 2 is 2.00 bits per heavy atom. The quantitative estimate of drug-likeness (QED) is 0.726. The van der Waals surface area contributed by atoms with Gasteiger partial charge in [0.15, 0.2) is 5.65 Å². The van der Waals surface area contributed by atoms with Gasteiger partial charge in [0.1, 0.15) is 5.82 Å². The van der Waals surface area contributed by atoms with E-state index in [1.54, 1.807) is 0 Å². The number of benzene rings is 1. The van der Waals surface area contributed by atoms with Crippen molar-refractivity contribution in [2.75, 3.05) is 6.54 Å². The number of rotatable bonds is 4. The van der Waals surface area contributed by atoms with Gasteiger partial charge in [-0.2, -0.15) is 0 Å². The second kappa shape index (κ2) is 6.90. The lowest BCUT2D eigenvalue weighted by Gasteiger charge is -2.35. The van der Waals surface area contributed by atoms with Gasteiger partial charge >= 0.3 is 0 Å². The summed E-state index contributed by atoms with van der Waals surface area (Å²) in [7, 11) is 0. The van der Waals surface area contributed by atoms with Crippen LogP contribution in [0, 0.1) is 6.92 Å². The SMILES string of the molecule is CCCN(C(=O)c1ccc2nnc(C)n2c1)[C@@H]1CCc2ccccc2C1. The van der Waals surface area contributed by atoms with Crippen LogP contribution in [0.5, 0.6) is 0 Å². The van der Waals surface area contributed by atoms with Gasteiger partial charge in [0, 0.05) is 18.8 Å². The van der Waals surface area contributed by atoms with Crippen LogP contribution in [0.4, 0.5) is 0 Å². The van der Waals surface area contributed by atoms with Crippen LogP contribution in [-0.2, 0) is 12.8 Å². The summed E-state index contributed by atoms with van der Waals surface area (Å²) in [5, 5.41) is 8.18. The molecule has 0 spiro atoms. The average molecular weight is 348 g/mol. The first-order valence-electron chi connectivity index (χ1n) is 9.36. The summed E-state index contributed by atoms with van der Waals surface area (Å²) in [6.07, 6.45) is 5.83. The smallest absolute Gasteiger partial charge is 0.255 e. The highest BCUT2D eigenvalue weighted by Gasteiger charge is 2.28. The molecule has 0 fully saturated rings. The normalized spacial score (nSPS) is 16.5. The second-order valence-electron chi connectivity index (χ2n) is 7.06. The number of fused-ring (bicyclic) bond motifs is 2. The third-order valence-corrected chi connectivity index (χ3v) is 5.31. The molecule has 134 valence electrons. The van der Waals surface area contributed by atoms with Gasteiger partial charge in [-0.1, -0.05) is 31.2 Å². The molecule has 0 saturated heterocycles. The maximum atomic E-state index is 13.3.